The monoisotopic (exact) mass is 195 g/mol. The Bertz CT molecular complexity index is 293. The van der Waals surface area contributed by atoms with Crippen LogP contribution in [0, 0.1) is 0 Å². The van der Waals surface area contributed by atoms with Crippen LogP contribution in [0.4, 0.5) is 4.79 Å². The smallest absolute Gasteiger partial charge is 0.315 e. The van der Waals surface area contributed by atoms with Crippen LogP contribution in [0.1, 0.15) is 25.1 Å². The van der Waals surface area contributed by atoms with Gasteiger partial charge in [0.25, 0.3) is 0 Å². The van der Waals surface area contributed by atoms with E-state index in [9.17, 15) is 4.79 Å². The molecule has 2 amide bonds. The van der Waals surface area contributed by atoms with Crippen LogP contribution in [0.5, 0.6) is 0 Å². The molecule has 0 spiro atoms. The van der Waals surface area contributed by atoms with Crippen LogP contribution < -0.4 is 10.6 Å². The third-order valence-corrected chi connectivity index (χ3v) is 2.32. The van der Waals surface area contributed by atoms with Crippen molar-refractivity contribution < 1.29 is 4.79 Å². The van der Waals surface area contributed by atoms with Gasteiger partial charge < -0.3 is 10.6 Å². The maximum absolute atomic E-state index is 11.3. The van der Waals surface area contributed by atoms with Gasteiger partial charge in [0.15, 0.2) is 0 Å². The summed E-state index contributed by atoms with van der Waals surface area (Å²) in [6.45, 7) is 0.387. The van der Waals surface area contributed by atoms with Gasteiger partial charge in [-0.3, -0.25) is 5.10 Å². The fourth-order valence-electron chi connectivity index (χ4n) is 1.27. The molecule has 1 aromatic heterocycles. The minimum absolute atomic E-state index is 0.133. The standard InChI is InChI=1S/C8H13N5O/c14-8(12-6-2-1-3-6)9-4-7-10-5-11-13-7/h5-6H,1-4H2,(H2,9,12,14)(H,10,11,13). The Kier molecular flexibility index (Phi) is 2.62. The highest BCUT2D eigenvalue weighted by atomic mass is 16.2. The van der Waals surface area contributed by atoms with Crippen LogP contribution in [0.25, 0.3) is 0 Å². The number of H-pyrrole nitrogens is 1. The van der Waals surface area contributed by atoms with Crippen LogP contribution in [0.3, 0.4) is 0 Å². The molecule has 0 radical (unpaired) electrons. The van der Waals surface area contributed by atoms with Crippen molar-refractivity contribution in [2.24, 2.45) is 0 Å². The maximum Gasteiger partial charge on any atom is 0.315 e. The molecule has 1 aromatic rings. The van der Waals surface area contributed by atoms with Gasteiger partial charge in [-0.25, -0.2) is 9.78 Å². The highest BCUT2D eigenvalue weighted by Gasteiger charge is 2.18. The molecule has 1 fully saturated rings. The molecule has 14 heavy (non-hydrogen) atoms. The van der Waals surface area contributed by atoms with Crippen molar-refractivity contribution in [2.45, 2.75) is 31.8 Å². The van der Waals surface area contributed by atoms with Crippen molar-refractivity contribution >= 4 is 6.03 Å². The molecule has 76 valence electrons. The van der Waals surface area contributed by atoms with Gasteiger partial charge in [0.2, 0.25) is 0 Å². The van der Waals surface area contributed by atoms with Gasteiger partial charge >= 0.3 is 6.03 Å². The molecule has 6 nitrogen and oxygen atoms in total. The zero-order valence-corrected chi connectivity index (χ0v) is 7.79. The summed E-state index contributed by atoms with van der Waals surface area (Å²) in [6.07, 6.45) is 4.82. The number of amides is 2. The van der Waals surface area contributed by atoms with Crippen molar-refractivity contribution in [1.82, 2.24) is 25.8 Å². The summed E-state index contributed by atoms with van der Waals surface area (Å²) < 4.78 is 0. The summed E-state index contributed by atoms with van der Waals surface area (Å²) in [4.78, 5) is 15.1. The molecule has 0 saturated heterocycles. The highest BCUT2D eigenvalue weighted by molar-refractivity contribution is 5.74. The molecule has 0 bridgehead atoms. The average Bonchev–Trinajstić information content (AvgIpc) is 2.60. The largest absolute Gasteiger partial charge is 0.335 e. The van der Waals surface area contributed by atoms with Crippen LogP contribution in [0.2, 0.25) is 0 Å². The third kappa shape index (κ3) is 2.21. The van der Waals surface area contributed by atoms with E-state index < -0.39 is 0 Å². The number of carbonyl (C=O) groups excluding carboxylic acids is 1. The van der Waals surface area contributed by atoms with E-state index in [1.54, 1.807) is 0 Å². The molecular weight excluding hydrogens is 182 g/mol. The average molecular weight is 195 g/mol. The molecule has 1 aliphatic rings. The van der Waals surface area contributed by atoms with E-state index in [4.69, 9.17) is 0 Å². The molecule has 0 unspecified atom stereocenters. The van der Waals surface area contributed by atoms with Gasteiger partial charge in [0, 0.05) is 6.04 Å². The normalized spacial score (nSPS) is 16.0. The Morgan fingerprint density at radius 3 is 3.07 bits per heavy atom. The van der Waals surface area contributed by atoms with Crippen molar-refractivity contribution in [3.63, 3.8) is 0 Å². The molecule has 1 heterocycles. The lowest BCUT2D eigenvalue weighted by atomic mass is 9.93. The van der Waals surface area contributed by atoms with E-state index in [2.05, 4.69) is 25.8 Å². The molecule has 0 aliphatic heterocycles. The van der Waals surface area contributed by atoms with Crippen LogP contribution in [-0.4, -0.2) is 27.3 Å². The maximum atomic E-state index is 11.3. The summed E-state index contributed by atoms with van der Waals surface area (Å²) in [5.74, 6) is 0.661. The van der Waals surface area contributed by atoms with Gasteiger partial charge in [-0.1, -0.05) is 0 Å². The Morgan fingerprint density at radius 1 is 1.64 bits per heavy atom. The summed E-state index contributed by atoms with van der Waals surface area (Å²) in [5.41, 5.74) is 0. The predicted molar refractivity (Wildman–Crippen MR) is 49.4 cm³/mol. The molecule has 0 aromatic carbocycles. The zero-order chi connectivity index (χ0) is 9.80. The fourth-order valence-corrected chi connectivity index (χ4v) is 1.27. The summed E-state index contributed by atoms with van der Waals surface area (Å²) >= 11 is 0. The number of hydrogen-bond acceptors (Lipinski definition) is 3. The van der Waals surface area contributed by atoms with Crippen molar-refractivity contribution in [1.29, 1.82) is 0 Å². The van der Waals surface area contributed by atoms with Crippen molar-refractivity contribution in [2.75, 3.05) is 0 Å². The number of hydrogen-bond donors (Lipinski definition) is 3. The topological polar surface area (TPSA) is 82.7 Å². The van der Waals surface area contributed by atoms with Crippen molar-refractivity contribution in [3.8, 4) is 0 Å². The number of nitrogens with zero attached hydrogens (tertiary/aromatic N) is 2. The SMILES string of the molecule is O=C(NCc1ncn[nH]1)NC1CCC1. The first-order chi connectivity index (χ1) is 6.84. The van der Waals surface area contributed by atoms with Gasteiger partial charge in [0.1, 0.15) is 12.2 Å². The lowest BCUT2D eigenvalue weighted by Crippen LogP contribution is -2.44. The van der Waals surface area contributed by atoms with E-state index in [0.717, 1.165) is 12.8 Å². The quantitative estimate of drug-likeness (QED) is 0.642. The van der Waals surface area contributed by atoms with Crippen LogP contribution >= 0.6 is 0 Å². The predicted octanol–water partition coefficient (Wildman–Crippen LogP) is 0.156. The van der Waals surface area contributed by atoms with Gasteiger partial charge in [-0.05, 0) is 19.3 Å². The van der Waals surface area contributed by atoms with Gasteiger partial charge in [-0.2, -0.15) is 5.10 Å². The first-order valence-corrected chi connectivity index (χ1v) is 4.73. The number of aromatic nitrogens is 3. The van der Waals surface area contributed by atoms with E-state index in [-0.39, 0.29) is 6.03 Å². The van der Waals surface area contributed by atoms with Crippen molar-refractivity contribution in [3.05, 3.63) is 12.2 Å². The number of aromatic amines is 1. The Morgan fingerprint density at radius 2 is 2.50 bits per heavy atom. The Balaban J connectivity index is 1.67. The van der Waals surface area contributed by atoms with E-state index in [1.807, 2.05) is 0 Å². The van der Waals surface area contributed by atoms with E-state index >= 15 is 0 Å². The molecule has 0 atom stereocenters. The summed E-state index contributed by atoms with van der Waals surface area (Å²) in [5, 5.41) is 11.9. The first kappa shape index (κ1) is 8.98. The Labute approximate surface area is 81.5 Å². The molecule has 3 N–H and O–H groups in total. The van der Waals surface area contributed by atoms with E-state index in [0.29, 0.717) is 18.4 Å². The molecule has 2 rings (SSSR count). The molecule has 1 aliphatic carbocycles. The van der Waals surface area contributed by atoms with Gasteiger partial charge in [-0.15, -0.1) is 0 Å². The first-order valence-electron chi connectivity index (χ1n) is 4.73. The van der Waals surface area contributed by atoms with Crippen LogP contribution in [0.15, 0.2) is 6.33 Å². The second kappa shape index (κ2) is 4.08. The van der Waals surface area contributed by atoms with Crippen LogP contribution in [-0.2, 0) is 6.54 Å². The minimum Gasteiger partial charge on any atom is -0.335 e. The third-order valence-electron chi connectivity index (χ3n) is 2.32. The summed E-state index contributed by atoms with van der Waals surface area (Å²) in [7, 11) is 0. The van der Waals surface area contributed by atoms with Gasteiger partial charge in [0.05, 0.1) is 6.54 Å². The number of rotatable bonds is 3. The van der Waals surface area contributed by atoms with E-state index in [1.165, 1.54) is 12.7 Å². The molecular formula is C8H13N5O. The second-order valence-electron chi connectivity index (χ2n) is 3.39. The summed E-state index contributed by atoms with van der Waals surface area (Å²) in [6, 6.07) is 0.232. The molecule has 1 saturated carbocycles. The lowest BCUT2D eigenvalue weighted by molar-refractivity contribution is 0.228. The Hall–Kier alpha value is -1.59. The number of carbonyl (C=O) groups is 1. The minimum atomic E-state index is -0.133. The fraction of sp³-hybridized carbons (Fsp3) is 0.625. The number of urea groups is 1. The highest BCUT2D eigenvalue weighted by Crippen LogP contribution is 2.17. The second-order valence-corrected chi connectivity index (χ2v) is 3.39. The lowest BCUT2D eigenvalue weighted by Gasteiger charge is -2.26. The number of nitrogens with one attached hydrogen (secondary N) is 3. The molecule has 6 heteroatoms. The zero-order valence-electron chi connectivity index (χ0n) is 7.79.